The number of nitrogens with one attached hydrogen (secondary N) is 1. The first kappa shape index (κ1) is 16.3. The minimum Gasteiger partial charge on any atom is -0.330 e. The fourth-order valence-electron chi connectivity index (χ4n) is 1.78. The molecule has 0 bridgehead atoms. The third-order valence-corrected chi connectivity index (χ3v) is 3.89. The van der Waals surface area contributed by atoms with Crippen molar-refractivity contribution < 1.29 is 4.79 Å². The molecule has 0 aliphatic heterocycles. The molecule has 3 N–H and O–H groups in total. The van der Waals surface area contributed by atoms with Crippen LogP contribution in [0.25, 0.3) is 0 Å². The summed E-state index contributed by atoms with van der Waals surface area (Å²) < 4.78 is 0. The highest BCUT2D eigenvalue weighted by molar-refractivity contribution is 6.43. The quantitative estimate of drug-likeness (QED) is 0.831. The molecule has 0 heterocycles. The van der Waals surface area contributed by atoms with Gasteiger partial charge in [-0.2, -0.15) is 0 Å². The maximum Gasteiger partial charge on any atom is 0.224 e. The highest BCUT2D eigenvalue weighted by Gasteiger charge is 2.18. The van der Waals surface area contributed by atoms with Crippen LogP contribution in [0.1, 0.15) is 33.1 Å². The van der Waals surface area contributed by atoms with E-state index in [0.717, 1.165) is 12.8 Å². The summed E-state index contributed by atoms with van der Waals surface area (Å²) in [6, 6.07) is 5.17. The minimum absolute atomic E-state index is 0.0609. The van der Waals surface area contributed by atoms with Gasteiger partial charge in [-0.15, -0.1) is 0 Å². The van der Waals surface area contributed by atoms with E-state index in [1.165, 1.54) is 0 Å². The number of rotatable bonds is 6. The van der Waals surface area contributed by atoms with Gasteiger partial charge in [0, 0.05) is 6.42 Å². The zero-order chi connectivity index (χ0) is 14.5. The standard InChI is InChI=1S/C14H20Cl2N2O/c1-14(2,8-9-17)7-6-12(19)18-11-5-3-4-10(15)13(11)16/h3-5H,6-9,17H2,1-2H3,(H,18,19). The van der Waals surface area contributed by atoms with Gasteiger partial charge in [0.25, 0.3) is 0 Å². The fraction of sp³-hybridized carbons (Fsp3) is 0.500. The van der Waals surface area contributed by atoms with Crippen LogP contribution in [0.4, 0.5) is 5.69 Å². The molecule has 1 amide bonds. The van der Waals surface area contributed by atoms with Crippen LogP contribution in [0.3, 0.4) is 0 Å². The first-order valence-corrected chi connectivity index (χ1v) is 7.05. The van der Waals surface area contributed by atoms with Crippen LogP contribution in [0.15, 0.2) is 18.2 Å². The summed E-state index contributed by atoms with van der Waals surface area (Å²) >= 11 is 11.9. The highest BCUT2D eigenvalue weighted by Crippen LogP contribution is 2.30. The summed E-state index contributed by atoms with van der Waals surface area (Å²) in [5, 5.41) is 3.59. The van der Waals surface area contributed by atoms with Gasteiger partial charge in [-0.1, -0.05) is 43.1 Å². The van der Waals surface area contributed by atoms with E-state index in [1.54, 1.807) is 18.2 Å². The number of carbonyl (C=O) groups is 1. The van der Waals surface area contributed by atoms with Gasteiger partial charge in [0.1, 0.15) is 0 Å². The van der Waals surface area contributed by atoms with E-state index >= 15 is 0 Å². The Morgan fingerprint density at radius 2 is 2.00 bits per heavy atom. The number of anilines is 1. The molecule has 0 saturated heterocycles. The lowest BCUT2D eigenvalue weighted by Gasteiger charge is -2.23. The van der Waals surface area contributed by atoms with Gasteiger partial charge >= 0.3 is 0 Å². The molecule has 0 aromatic heterocycles. The Morgan fingerprint density at radius 1 is 1.32 bits per heavy atom. The molecule has 5 heteroatoms. The van der Waals surface area contributed by atoms with Crippen molar-refractivity contribution in [3.63, 3.8) is 0 Å². The van der Waals surface area contributed by atoms with Gasteiger partial charge in [-0.3, -0.25) is 4.79 Å². The van der Waals surface area contributed by atoms with Crippen molar-refractivity contribution >= 4 is 34.8 Å². The topological polar surface area (TPSA) is 55.1 Å². The molecule has 19 heavy (non-hydrogen) atoms. The van der Waals surface area contributed by atoms with Crippen molar-refractivity contribution in [3.8, 4) is 0 Å². The number of nitrogens with two attached hydrogens (primary N) is 1. The largest absolute Gasteiger partial charge is 0.330 e. The number of hydrogen-bond acceptors (Lipinski definition) is 2. The highest BCUT2D eigenvalue weighted by atomic mass is 35.5. The maximum atomic E-state index is 11.9. The van der Waals surface area contributed by atoms with Gasteiger partial charge < -0.3 is 11.1 Å². The molecule has 106 valence electrons. The molecule has 1 aromatic carbocycles. The van der Waals surface area contributed by atoms with Gasteiger partial charge in [0.2, 0.25) is 5.91 Å². The van der Waals surface area contributed by atoms with Gasteiger partial charge in [-0.25, -0.2) is 0 Å². The molecular formula is C14H20Cl2N2O. The zero-order valence-corrected chi connectivity index (χ0v) is 12.8. The van der Waals surface area contributed by atoms with Gasteiger partial charge in [0.05, 0.1) is 15.7 Å². The van der Waals surface area contributed by atoms with E-state index in [4.69, 9.17) is 28.9 Å². The molecule has 0 fully saturated rings. The summed E-state index contributed by atoms with van der Waals surface area (Å²) in [6.07, 6.45) is 2.13. The van der Waals surface area contributed by atoms with Crippen LogP contribution in [-0.4, -0.2) is 12.5 Å². The SMILES string of the molecule is CC(C)(CCN)CCC(=O)Nc1cccc(Cl)c1Cl. The van der Waals surface area contributed by atoms with Crippen LogP contribution in [0, 0.1) is 5.41 Å². The van der Waals surface area contributed by atoms with Crippen LogP contribution in [0.2, 0.25) is 10.0 Å². The average molecular weight is 303 g/mol. The number of amides is 1. The smallest absolute Gasteiger partial charge is 0.224 e. The van der Waals surface area contributed by atoms with Crippen molar-refractivity contribution in [1.29, 1.82) is 0 Å². The fourth-order valence-corrected chi connectivity index (χ4v) is 2.13. The molecule has 3 nitrogen and oxygen atoms in total. The van der Waals surface area contributed by atoms with Crippen LogP contribution < -0.4 is 11.1 Å². The third-order valence-electron chi connectivity index (χ3n) is 3.08. The average Bonchev–Trinajstić information content (AvgIpc) is 2.33. The van der Waals surface area contributed by atoms with Crippen molar-refractivity contribution in [2.75, 3.05) is 11.9 Å². The Hall–Kier alpha value is -0.770. The summed E-state index contributed by atoms with van der Waals surface area (Å²) in [6.45, 7) is 4.85. The lowest BCUT2D eigenvalue weighted by atomic mass is 9.84. The van der Waals surface area contributed by atoms with Crippen molar-refractivity contribution in [3.05, 3.63) is 28.2 Å². The van der Waals surface area contributed by atoms with E-state index < -0.39 is 0 Å². The predicted octanol–water partition coefficient (Wildman–Crippen LogP) is 4.09. The van der Waals surface area contributed by atoms with Gasteiger partial charge in [-0.05, 0) is 36.9 Å². The number of halogens is 2. The summed E-state index contributed by atoms with van der Waals surface area (Å²) in [7, 11) is 0. The number of benzene rings is 1. The molecular weight excluding hydrogens is 283 g/mol. The molecule has 0 aliphatic rings. The Balaban J connectivity index is 2.54. The zero-order valence-electron chi connectivity index (χ0n) is 11.3. The molecule has 1 rings (SSSR count). The molecule has 0 unspecified atom stereocenters. The molecule has 0 spiro atoms. The van der Waals surface area contributed by atoms with Gasteiger partial charge in [0.15, 0.2) is 0 Å². The molecule has 0 aliphatic carbocycles. The third kappa shape index (κ3) is 5.39. The monoisotopic (exact) mass is 302 g/mol. The Labute approximate surface area is 124 Å². The van der Waals surface area contributed by atoms with E-state index in [-0.39, 0.29) is 11.3 Å². The number of hydrogen-bond donors (Lipinski definition) is 2. The van der Waals surface area contributed by atoms with E-state index in [9.17, 15) is 4.79 Å². The Bertz CT molecular complexity index is 447. The first-order valence-electron chi connectivity index (χ1n) is 6.30. The molecule has 0 radical (unpaired) electrons. The van der Waals surface area contributed by atoms with Crippen molar-refractivity contribution in [1.82, 2.24) is 0 Å². The van der Waals surface area contributed by atoms with E-state index in [2.05, 4.69) is 19.2 Å². The summed E-state index contributed by atoms with van der Waals surface area (Å²) in [4.78, 5) is 11.9. The van der Waals surface area contributed by atoms with E-state index in [0.29, 0.717) is 28.7 Å². The summed E-state index contributed by atoms with van der Waals surface area (Å²) in [5.41, 5.74) is 6.17. The lowest BCUT2D eigenvalue weighted by molar-refractivity contribution is -0.116. The molecule has 1 aromatic rings. The molecule has 0 saturated carbocycles. The molecule has 0 atom stereocenters. The van der Waals surface area contributed by atoms with Crippen LogP contribution in [0.5, 0.6) is 0 Å². The lowest BCUT2D eigenvalue weighted by Crippen LogP contribution is -2.20. The first-order chi connectivity index (χ1) is 8.85. The maximum absolute atomic E-state index is 11.9. The Kier molecular flexibility index (Phi) is 6.11. The summed E-state index contributed by atoms with van der Waals surface area (Å²) in [5.74, 6) is -0.0609. The number of carbonyl (C=O) groups excluding carboxylic acids is 1. The van der Waals surface area contributed by atoms with Crippen LogP contribution >= 0.6 is 23.2 Å². The minimum atomic E-state index is -0.0609. The van der Waals surface area contributed by atoms with Crippen molar-refractivity contribution in [2.45, 2.75) is 33.1 Å². The van der Waals surface area contributed by atoms with Crippen LogP contribution in [-0.2, 0) is 4.79 Å². The van der Waals surface area contributed by atoms with Crippen molar-refractivity contribution in [2.24, 2.45) is 11.1 Å². The second-order valence-corrected chi connectivity index (χ2v) is 6.14. The normalized spacial score (nSPS) is 11.4. The van der Waals surface area contributed by atoms with E-state index in [1.807, 2.05) is 0 Å². The predicted molar refractivity (Wildman–Crippen MR) is 81.8 cm³/mol. The second kappa shape index (κ2) is 7.13. The Morgan fingerprint density at radius 3 is 2.63 bits per heavy atom. The second-order valence-electron chi connectivity index (χ2n) is 5.35.